The predicted octanol–water partition coefficient (Wildman–Crippen LogP) is 5.19. The molecule has 0 saturated carbocycles. The number of carbonyl (C=O) groups excluding carboxylic acids is 2. The van der Waals surface area contributed by atoms with Crippen LogP contribution in [0.4, 0.5) is 4.79 Å². The molecule has 5 aromatic rings. The summed E-state index contributed by atoms with van der Waals surface area (Å²) < 4.78 is 27.5. The molecule has 0 saturated heterocycles. The Labute approximate surface area is 337 Å². The van der Waals surface area contributed by atoms with E-state index in [-0.39, 0.29) is 55.1 Å². The molecule has 0 fully saturated rings. The molecule has 0 amide bonds. The van der Waals surface area contributed by atoms with Crippen molar-refractivity contribution in [1.82, 2.24) is 14.7 Å². The van der Waals surface area contributed by atoms with E-state index in [2.05, 4.69) is 14.9 Å². The van der Waals surface area contributed by atoms with Crippen LogP contribution in [0.25, 0.3) is 11.1 Å². The van der Waals surface area contributed by atoms with Crippen molar-refractivity contribution in [2.75, 3.05) is 0 Å². The van der Waals surface area contributed by atoms with Gasteiger partial charge in [0.1, 0.15) is 30.3 Å². The minimum absolute atomic E-state index is 0.0274. The number of aliphatic hydroxyl groups is 1. The van der Waals surface area contributed by atoms with Gasteiger partial charge < -0.3 is 43.3 Å². The normalized spacial score (nSPS) is 12.2. The van der Waals surface area contributed by atoms with E-state index in [1.807, 2.05) is 43.3 Å². The molecule has 0 radical (unpaired) electrons. The van der Waals surface area contributed by atoms with Crippen molar-refractivity contribution >= 4 is 18.0 Å². The van der Waals surface area contributed by atoms with Crippen LogP contribution in [-0.2, 0) is 57.4 Å². The van der Waals surface area contributed by atoms with Gasteiger partial charge in [-0.3, -0.25) is 0 Å². The van der Waals surface area contributed by atoms with E-state index in [9.17, 15) is 29.6 Å². The van der Waals surface area contributed by atoms with Crippen molar-refractivity contribution in [1.29, 1.82) is 0 Å². The molecule has 19 heteroatoms. The van der Waals surface area contributed by atoms with E-state index in [1.165, 1.54) is 27.7 Å². The molecule has 2 aromatic heterocycles. The fraction of sp³-hybridized carbons (Fsp3) is 0.325. The molecule has 1 atom stereocenters. The molecule has 5 N–H and O–H groups in total. The maximum atomic E-state index is 13.6. The number of esters is 1. The summed E-state index contributed by atoms with van der Waals surface area (Å²) in [5.41, 5.74) is 9.06. The number of imidazole rings is 1. The van der Waals surface area contributed by atoms with Crippen LogP contribution in [0.2, 0.25) is 0 Å². The summed E-state index contributed by atoms with van der Waals surface area (Å²) in [4.78, 5) is 57.1. The average molecular weight is 816 g/mol. The van der Waals surface area contributed by atoms with Gasteiger partial charge in [0.25, 0.3) is 5.09 Å². The molecule has 0 aliphatic rings. The smallest absolute Gasteiger partial charge is 0.453 e. The van der Waals surface area contributed by atoms with Crippen molar-refractivity contribution in [2.24, 2.45) is 16.7 Å². The number of ether oxygens (including phenoxy) is 3. The first kappa shape index (κ1) is 43.1. The van der Waals surface area contributed by atoms with Gasteiger partial charge in [-0.1, -0.05) is 79.7 Å². The fourth-order valence-corrected chi connectivity index (χ4v) is 5.92. The third kappa shape index (κ3) is 11.3. The molecule has 3 aromatic carbocycles. The molecule has 0 bridgehead atoms. The van der Waals surface area contributed by atoms with Crippen LogP contribution in [0.3, 0.4) is 0 Å². The molecule has 312 valence electrons. The summed E-state index contributed by atoms with van der Waals surface area (Å²) in [5.74, 6) is 5.29. The summed E-state index contributed by atoms with van der Waals surface area (Å²) in [6.45, 7) is 7.45. The second-order valence-electron chi connectivity index (χ2n) is 13.8. The summed E-state index contributed by atoms with van der Waals surface area (Å²) in [6, 6.07) is 21.3. The fourth-order valence-electron chi connectivity index (χ4n) is 5.92. The highest BCUT2D eigenvalue weighted by atomic mass is 16.9. The second kappa shape index (κ2) is 19.0. The molecule has 5 rings (SSSR count). The largest absolute Gasteiger partial charge is 0.519 e. The number of nitrogens with zero attached hydrogens (tertiary/aromatic N) is 5. The maximum absolute atomic E-state index is 13.6. The summed E-state index contributed by atoms with van der Waals surface area (Å²) in [7, 11) is 0. The zero-order valence-electron chi connectivity index (χ0n) is 33.1. The highest BCUT2D eigenvalue weighted by Gasteiger charge is 2.33. The van der Waals surface area contributed by atoms with E-state index < -0.39 is 34.9 Å². The first-order chi connectivity index (χ1) is 28.0. The summed E-state index contributed by atoms with van der Waals surface area (Å²) in [5, 5.41) is 25.7. The van der Waals surface area contributed by atoms with Crippen LogP contribution in [0, 0.1) is 17.0 Å². The van der Waals surface area contributed by atoms with Gasteiger partial charge in [0.2, 0.25) is 6.23 Å². The Bertz CT molecular complexity index is 2360. The van der Waals surface area contributed by atoms with Gasteiger partial charge >= 0.3 is 17.9 Å². The van der Waals surface area contributed by atoms with Gasteiger partial charge in [0, 0.05) is 18.5 Å². The number of hydrazine groups is 1. The van der Waals surface area contributed by atoms with E-state index in [4.69, 9.17) is 34.6 Å². The predicted molar refractivity (Wildman–Crippen MR) is 209 cm³/mol. The SMILES string of the molecule is CCCc1nc(C(C)(C)O)c(C(=O)OCc2oc(=O)oc2C)n1Cc1ccc(-c2ccccc2/C(N)=N/N(N)C(C)OC(=O)OCc2cccc(CO[N+](=O)[O-])c2)cc1. The van der Waals surface area contributed by atoms with Crippen molar-refractivity contribution in [3.8, 4) is 11.1 Å². The van der Waals surface area contributed by atoms with Crippen LogP contribution in [0.15, 0.2) is 91.5 Å². The van der Waals surface area contributed by atoms with Crippen molar-refractivity contribution in [3.63, 3.8) is 0 Å². The van der Waals surface area contributed by atoms with E-state index in [0.29, 0.717) is 35.4 Å². The van der Waals surface area contributed by atoms with E-state index in [0.717, 1.165) is 21.8 Å². The number of aromatic nitrogens is 2. The Morgan fingerprint density at radius 1 is 1.02 bits per heavy atom. The number of benzene rings is 3. The molecule has 2 heterocycles. The van der Waals surface area contributed by atoms with Gasteiger partial charge in [-0.25, -0.2) is 25.2 Å². The van der Waals surface area contributed by atoms with E-state index >= 15 is 0 Å². The van der Waals surface area contributed by atoms with Crippen LogP contribution in [0.5, 0.6) is 0 Å². The zero-order valence-corrected chi connectivity index (χ0v) is 33.1. The minimum Gasteiger partial charge on any atom is -0.453 e. The number of nitrogens with two attached hydrogens (primary N) is 2. The zero-order chi connectivity index (χ0) is 42.9. The first-order valence-electron chi connectivity index (χ1n) is 18.4. The lowest BCUT2D eigenvalue weighted by atomic mass is 9.98. The highest BCUT2D eigenvalue weighted by molar-refractivity contribution is 6.03. The van der Waals surface area contributed by atoms with Crippen molar-refractivity contribution in [2.45, 2.75) is 85.7 Å². The number of hydrogen-bond donors (Lipinski definition) is 3. The summed E-state index contributed by atoms with van der Waals surface area (Å²) >= 11 is 0. The first-order valence-corrected chi connectivity index (χ1v) is 18.4. The Kier molecular flexibility index (Phi) is 13.9. The molecule has 1 unspecified atom stereocenters. The number of rotatable bonds is 18. The van der Waals surface area contributed by atoms with Crippen molar-refractivity contribution < 1.29 is 47.7 Å². The second-order valence-corrected chi connectivity index (χ2v) is 13.8. The molecule has 19 nitrogen and oxygen atoms in total. The number of hydrazone groups is 1. The molecule has 0 aliphatic heterocycles. The monoisotopic (exact) mass is 815 g/mol. The number of hydrogen-bond acceptors (Lipinski definition) is 16. The Morgan fingerprint density at radius 3 is 2.36 bits per heavy atom. The molecule has 59 heavy (non-hydrogen) atoms. The van der Waals surface area contributed by atoms with E-state index in [1.54, 1.807) is 41.0 Å². The lowest BCUT2D eigenvalue weighted by molar-refractivity contribution is -0.763. The Hall–Kier alpha value is -6.99. The van der Waals surface area contributed by atoms with Crippen LogP contribution in [-0.4, -0.2) is 49.1 Å². The quantitative estimate of drug-likeness (QED) is 0.0195. The van der Waals surface area contributed by atoms with Gasteiger partial charge in [-0.15, -0.1) is 15.2 Å². The molecular formula is C40H45N7O12. The Morgan fingerprint density at radius 2 is 1.71 bits per heavy atom. The number of carbonyl (C=O) groups is 2. The third-order valence-electron chi connectivity index (χ3n) is 8.82. The topological polar surface area (TPSA) is 263 Å². The standard InChI is InChI=1S/C40H45N7O12/c1-6-10-33-43-35(40(4,5)51)34(37(48)54-23-32-24(2)57-39(50)59-32)45(33)20-26-15-17-29(18-16-26)30-13-7-8-14-31(30)36(41)44-46(42)25(3)58-38(49)55-21-27-11-9-12-28(19-27)22-56-47(52)53/h7-9,11-19,25,51H,6,10,20-23,42H2,1-5H3,(H2,41,44). The minimum atomic E-state index is -1.49. The van der Waals surface area contributed by atoms with Gasteiger partial charge in [-0.05, 0) is 61.9 Å². The average Bonchev–Trinajstić information content (AvgIpc) is 3.73. The van der Waals surface area contributed by atoms with Gasteiger partial charge in [-0.2, -0.15) is 5.12 Å². The van der Waals surface area contributed by atoms with Crippen molar-refractivity contribution in [3.05, 3.63) is 145 Å². The van der Waals surface area contributed by atoms with Crippen LogP contribution in [0.1, 0.15) is 89.9 Å². The molecular weight excluding hydrogens is 770 g/mol. The Balaban J connectivity index is 1.29. The number of aryl methyl sites for hydroxylation is 2. The van der Waals surface area contributed by atoms with Crippen LogP contribution < -0.4 is 17.4 Å². The van der Waals surface area contributed by atoms with Crippen LogP contribution >= 0.6 is 0 Å². The third-order valence-corrected chi connectivity index (χ3v) is 8.82. The molecule has 0 spiro atoms. The number of amidine groups is 1. The molecule has 0 aliphatic carbocycles. The van der Waals surface area contributed by atoms with Gasteiger partial charge in [0.05, 0.1) is 0 Å². The maximum Gasteiger partial charge on any atom is 0.519 e. The lowest BCUT2D eigenvalue weighted by Crippen LogP contribution is -2.40. The van der Waals surface area contributed by atoms with Gasteiger partial charge in [0.15, 0.2) is 29.7 Å². The highest BCUT2D eigenvalue weighted by Crippen LogP contribution is 2.29. The summed E-state index contributed by atoms with van der Waals surface area (Å²) in [6.07, 6.45) is -0.903. The lowest BCUT2D eigenvalue weighted by Gasteiger charge is -2.21.